The van der Waals surface area contributed by atoms with Gasteiger partial charge in [0.05, 0.1) is 17.7 Å². The number of nitrogens with zero attached hydrogens (tertiary/aromatic N) is 1. The van der Waals surface area contributed by atoms with Gasteiger partial charge in [0, 0.05) is 12.6 Å². The van der Waals surface area contributed by atoms with Gasteiger partial charge in [0.15, 0.2) is 6.61 Å². The standard InChI is InChI=1S/C15H21F2N3O2/c1-15(6-3-7-18-10-15)14(21)19-8-11-4-2-5-13(20-11)22-9-12(16)17/h2,4-5,12,18H,3,6-10H2,1H3,(H,19,21)/t15-/m0/s1. The highest BCUT2D eigenvalue weighted by Crippen LogP contribution is 2.25. The van der Waals surface area contributed by atoms with Crippen LogP contribution in [0.15, 0.2) is 18.2 Å². The molecule has 0 radical (unpaired) electrons. The average molecular weight is 313 g/mol. The number of carbonyl (C=O) groups excluding carboxylic acids is 1. The maximum Gasteiger partial charge on any atom is 0.272 e. The van der Waals surface area contributed by atoms with Gasteiger partial charge in [0.2, 0.25) is 11.8 Å². The third kappa shape index (κ3) is 4.62. The summed E-state index contributed by atoms with van der Waals surface area (Å²) in [5.74, 6) is 0.109. The van der Waals surface area contributed by atoms with Crippen molar-refractivity contribution in [2.45, 2.75) is 32.7 Å². The number of alkyl halides is 2. The zero-order chi connectivity index (χ0) is 16.0. The summed E-state index contributed by atoms with van der Waals surface area (Å²) in [5.41, 5.74) is 0.162. The molecule has 1 fully saturated rings. The number of hydrogen-bond acceptors (Lipinski definition) is 4. The van der Waals surface area contributed by atoms with E-state index in [4.69, 9.17) is 4.74 Å². The molecule has 1 aliphatic rings. The van der Waals surface area contributed by atoms with E-state index in [1.54, 1.807) is 12.1 Å². The number of nitrogens with one attached hydrogen (secondary N) is 2. The third-order valence-corrected chi connectivity index (χ3v) is 3.71. The Bertz CT molecular complexity index is 505. The molecule has 5 nitrogen and oxygen atoms in total. The van der Waals surface area contributed by atoms with E-state index < -0.39 is 18.4 Å². The quantitative estimate of drug-likeness (QED) is 0.839. The van der Waals surface area contributed by atoms with Crippen LogP contribution in [-0.2, 0) is 11.3 Å². The minimum atomic E-state index is -2.54. The molecular weight excluding hydrogens is 292 g/mol. The molecule has 0 saturated carbocycles. The summed E-state index contributed by atoms with van der Waals surface area (Å²) in [7, 11) is 0. The van der Waals surface area contributed by atoms with Gasteiger partial charge in [-0.15, -0.1) is 0 Å². The van der Waals surface area contributed by atoms with Gasteiger partial charge in [-0.2, -0.15) is 0 Å². The monoisotopic (exact) mass is 313 g/mol. The van der Waals surface area contributed by atoms with Crippen molar-refractivity contribution >= 4 is 5.91 Å². The van der Waals surface area contributed by atoms with Crippen LogP contribution in [0.1, 0.15) is 25.5 Å². The largest absolute Gasteiger partial charge is 0.472 e. The Kier molecular flexibility index (Phi) is 5.65. The summed E-state index contributed by atoms with van der Waals surface area (Å²) >= 11 is 0. The minimum absolute atomic E-state index is 0.0274. The van der Waals surface area contributed by atoms with Crippen LogP contribution in [0.4, 0.5) is 8.78 Å². The number of carbonyl (C=O) groups is 1. The molecule has 7 heteroatoms. The van der Waals surface area contributed by atoms with Crippen LogP contribution in [0.25, 0.3) is 0 Å². The van der Waals surface area contributed by atoms with Gasteiger partial charge in [-0.25, -0.2) is 13.8 Å². The fourth-order valence-electron chi connectivity index (χ4n) is 2.42. The lowest BCUT2D eigenvalue weighted by Crippen LogP contribution is -2.48. The summed E-state index contributed by atoms with van der Waals surface area (Å²) < 4.78 is 29.1. The second kappa shape index (κ2) is 7.49. The first-order chi connectivity index (χ1) is 10.5. The summed E-state index contributed by atoms with van der Waals surface area (Å²) in [4.78, 5) is 16.4. The van der Waals surface area contributed by atoms with Crippen LogP contribution in [0, 0.1) is 5.41 Å². The molecule has 1 atom stereocenters. The van der Waals surface area contributed by atoms with Crippen molar-refractivity contribution in [2.24, 2.45) is 5.41 Å². The van der Waals surface area contributed by atoms with E-state index in [0.717, 1.165) is 19.4 Å². The Morgan fingerprint density at radius 2 is 2.36 bits per heavy atom. The molecular formula is C15H21F2N3O2. The Morgan fingerprint density at radius 1 is 1.55 bits per heavy atom. The van der Waals surface area contributed by atoms with Crippen LogP contribution in [-0.4, -0.2) is 37.0 Å². The van der Waals surface area contributed by atoms with Crippen LogP contribution < -0.4 is 15.4 Å². The number of piperidine rings is 1. The van der Waals surface area contributed by atoms with E-state index >= 15 is 0 Å². The molecule has 122 valence electrons. The number of aromatic nitrogens is 1. The van der Waals surface area contributed by atoms with Gasteiger partial charge in [-0.1, -0.05) is 6.07 Å². The van der Waals surface area contributed by atoms with Crippen molar-refractivity contribution in [1.82, 2.24) is 15.6 Å². The van der Waals surface area contributed by atoms with Crippen molar-refractivity contribution in [2.75, 3.05) is 19.7 Å². The molecule has 22 heavy (non-hydrogen) atoms. The van der Waals surface area contributed by atoms with E-state index in [9.17, 15) is 13.6 Å². The van der Waals surface area contributed by atoms with Crippen LogP contribution in [0.3, 0.4) is 0 Å². The van der Waals surface area contributed by atoms with Gasteiger partial charge in [-0.05, 0) is 32.4 Å². The zero-order valence-electron chi connectivity index (χ0n) is 12.6. The van der Waals surface area contributed by atoms with Crippen molar-refractivity contribution in [3.63, 3.8) is 0 Å². The maximum absolute atomic E-state index is 12.3. The predicted octanol–water partition coefficient (Wildman–Crippen LogP) is 1.73. The maximum atomic E-state index is 12.3. The topological polar surface area (TPSA) is 63.2 Å². The second-order valence-corrected chi connectivity index (χ2v) is 5.69. The van der Waals surface area contributed by atoms with Gasteiger partial charge >= 0.3 is 0 Å². The van der Waals surface area contributed by atoms with Gasteiger partial charge < -0.3 is 15.4 Å². The van der Waals surface area contributed by atoms with Crippen molar-refractivity contribution in [3.8, 4) is 5.88 Å². The Balaban J connectivity index is 1.88. The SMILES string of the molecule is C[C@]1(C(=O)NCc2cccc(OCC(F)F)n2)CCCNC1. The average Bonchev–Trinajstić information content (AvgIpc) is 2.51. The van der Waals surface area contributed by atoms with E-state index in [2.05, 4.69) is 15.6 Å². The zero-order valence-corrected chi connectivity index (χ0v) is 12.6. The summed E-state index contributed by atoms with van der Waals surface area (Å²) in [6.07, 6.45) is -0.723. The molecule has 2 N–H and O–H groups in total. The number of pyridine rings is 1. The molecule has 1 amide bonds. The normalized spacial score (nSPS) is 21.6. The highest BCUT2D eigenvalue weighted by atomic mass is 19.3. The predicted molar refractivity (Wildman–Crippen MR) is 77.8 cm³/mol. The molecule has 0 aliphatic carbocycles. The first-order valence-electron chi connectivity index (χ1n) is 7.35. The highest BCUT2D eigenvalue weighted by molar-refractivity contribution is 5.82. The van der Waals surface area contributed by atoms with Crippen LogP contribution >= 0.6 is 0 Å². The Hall–Kier alpha value is -1.76. The molecule has 0 unspecified atom stereocenters. The lowest BCUT2D eigenvalue weighted by Gasteiger charge is -2.32. The molecule has 1 saturated heterocycles. The van der Waals surface area contributed by atoms with Crippen LogP contribution in [0.5, 0.6) is 5.88 Å². The molecule has 0 spiro atoms. The summed E-state index contributed by atoms with van der Waals surface area (Å²) in [5, 5.41) is 6.08. The first-order valence-corrected chi connectivity index (χ1v) is 7.35. The lowest BCUT2D eigenvalue weighted by atomic mass is 9.82. The fourth-order valence-corrected chi connectivity index (χ4v) is 2.42. The molecule has 2 heterocycles. The van der Waals surface area contributed by atoms with Crippen molar-refractivity contribution < 1.29 is 18.3 Å². The number of amides is 1. The highest BCUT2D eigenvalue weighted by Gasteiger charge is 2.34. The van der Waals surface area contributed by atoms with Gasteiger partial charge in [0.1, 0.15) is 0 Å². The smallest absolute Gasteiger partial charge is 0.272 e. The van der Waals surface area contributed by atoms with E-state index in [1.165, 1.54) is 6.07 Å². The summed E-state index contributed by atoms with van der Waals surface area (Å²) in [6.45, 7) is 3.09. The number of hydrogen-bond donors (Lipinski definition) is 2. The number of rotatable bonds is 6. The summed E-state index contributed by atoms with van der Waals surface area (Å²) in [6, 6.07) is 4.90. The van der Waals surface area contributed by atoms with Gasteiger partial charge in [0.25, 0.3) is 6.43 Å². The van der Waals surface area contributed by atoms with Crippen LogP contribution in [0.2, 0.25) is 0 Å². The lowest BCUT2D eigenvalue weighted by molar-refractivity contribution is -0.131. The Morgan fingerprint density at radius 3 is 3.05 bits per heavy atom. The molecule has 0 aromatic carbocycles. The molecule has 1 aromatic heterocycles. The van der Waals surface area contributed by atoms with Crippen molar-refractivity contribution in [3.05, 3.63) is 23.9 Å². The Labute approximate surface area is 128 Å². The molecule has 2 rings (SSSR count). The van der Waals surface area contributed by atoms with Crippen molar-refractivity contribution in [1.29, 1.82) is 0 Å². The van der Waals surface area contributed by atoms with E-state index in [-0.39, 0.29) is 18.3 Å². The third-order valence-electron chi connectivity index (χ3n) is 3.71. The van der Waals surface area contributed by atoms with Gasteiger partial charge in [-0.3, -0.25) is 4.79 Å². The number of halogens is 2. The molecule has 0 bridgehead atoms. The minimum Gasteiger partial charge on any atom is -0.472 e. The second-order valence-electron chi connectivity index (χ2n) is 5.69. The molecule has 1 aromatic rings. The van der Waals surface area contributed by atoms with E-state index in [0.29, 0.717) is 12.2 Å². The fraction of sp³-hybridized carbons (Fsp3) is 0.600. The number of ether oxygens (including phenoxy) is 1. The van der Waals surface area contributed by atoms with E-state index in [1.807, 2.05) is 6.92 Å². The first kappa shape index (κ1) is 16.6. The molecule has 1 aliphatic heterocycles.